The minimum atomic E-state index is 0.193. The summed E-state index contributed by atoms with van der Waals surface area (Å²) in [5.74, 6) is 1.05. The monoisotopic (exact) mass is 259 g/mol. The van der Waals surface area contributed by atoms with Gasteiger partial charge in [-0.1, -0.05) is 19.9 Å². The molecule has 2 heteroatoms. The molecule has 2 N–H and O–H groups in total. The molecule has 1 aromatic carbocycles. The molecule has 0 amide bonds. The Kier molecular flexibility index (Phi) is 3.30. The van der Waals surface area contributed by atoms with Crippen LogP contribution in [0.2, 0.25) is 0 Å². The zero-order valence-corrected chi connectivity index (χ0v) is 12.1. The van der Waals surface area contributed by atoms with Crippen molar-refractivity contribution < 1.29 is 4.74 Å². The number of rotatable bonds is 4. The van der Waals surface area contributed by atoms with E-state index in [1.54, 1.807) is 0 Å². The van der Waals surface area contributed by atoms with Gasteiger partial charge in [0.15, 0.2) is 0 Å². The highest BCUT2D eigenvalue weighted by molar-refractivity contribution is 5.38. The highest BCUT2D eigenvalue weighted by atomic mass is 16.5. The molecule has 2 atom stereocenters. The first kappa shape index (κ1) is 13.0. The van der Waals surface area contributed by atoms with Crippen LogP contribution in [0.15, 0.2) is 18.2 Å². The molecular weight excluding hydrogens is 234 g/mol. The van der Waals surface area contributed by atoms with Crippen LogP contribution in [-0.4, -0.2) is 12.1 Å². The Balaban J connectivity index is 1.75. The lowest BCUT2D eigenvalue weighted by atomic mass is 9.59. The number of fused-ring (bicyclic) bond motifs is 1. The van der Waals surface area contributed by atoms with Gasteiger partial charge in [-0.15, -0.1) is 0 Å². The predicted molar refractivity (Wildman–Crippen MR) is 78.5 cm³/mol. The molecule has 19 heavy (non-hydrogen) atoms. The van der Waals surface area contributed by atoms with Crippen molar-refractivity contribution in [2.24, 2.45) is 11.1 Å². The standard InChI is InChI=1S/C17H25NO/c1-3-17(4-2)15(18)11-16(17)19-14-9-8-12-6-5-7-13(12)10-14/h8-10,15-16H,3-7,11,18H2,1-2H3. The molecule has 0 heterocycles. The lowest BCUT2D eigenvalue weighted by Crippen LogP contribution is -2.62. The fraction of sp³-hybridized carbons (Fsp3) is 0.647. The minimum Gasteiger partial charge on any atom is -0.490 e. The fourth-order valence-electron chi connectivity index (χ4n) is 3.96. The third-order valence-electron chi connectivity index (χ3n) is 5.51. The van der Waals surface area contributed by atoms with Crippen LogP contribution < -0.4 is 10.5 Å². The summed E-state index contributed by atoms with van der Waals surface area (Å²) in [6, 6.07) is 6.95. The third-order valence-corrected chi connectivity index (χ3v) is 5.51. The smallest absolute Gasteiger partial charge is 0.120 e. The molecule has 0 saturated heterocycles. The highest BCUT2D eigenvalue weighted by Crippen LogP contribution is 2.48. The van der Waals surface area contributed by atoms with Gasteiger partial charge < -0.3 is 10.5 Å². The fourth-order valence-corrected chi connectivity index (χ4v) is 3.96. The molecule has 0 radical (unpaired) electrons. The van der Waals surface area contributed by atoms with Gasteiger partial charge in [-0.2, -0.15) is 0 Å². The Bertz CT molecular complexity index is 464. The molecule has 1 fully saturated rings. The summed E-state index contributed by atoms with van der Waals surface area (Å²) in [5.41, 5.74) is 9.42. The van der Waals surface area contributed by atoms with E-state index in [0.29, 0.717) is 12.1 Å². The Hall–Kier alpha value is -1.02. The van der Waals surface area contributed by atoms with Gasteiger partial charge in [0, 0.05) is 17.9 Å². The lowest BCUT2D eigenvalue weighted by molar-refractivity contribution is -0.0722. The molecule has 0 spiro atoms. The van der Waals surface area contributed by atoms with Crippen molar-refractivity contribution >= 4 is 0 Å². The van der Waals surface area contributed by atoms with Crippen LogP contribution >= 0.6 is 0 Å². The highest BCUT2D eigenvalue weighted by Gasteiger charge is 2.52. The summed E-state index contributed by atoms with van der Waals surface area (Å²) in [6.07, 6.45) is 7.26. The Morgan fingerprint density at radius 3 is 2.63 bits per heavy atom. The number of hydrogen-bond acceptors (Lipinski definition) is 2. The summed E-state index contributed by atoms with van der Waals surface area (Å²) in [4.78, 5) is 0. The van der Waals surface area contributed by atoms with Crippen LogP contribution in [0.3, 0.4) is 0 Å². The third kappa shape index (κ3) is 1.97. The van der Waals surface area contributed by atoms with Gasteiger partial charge in [0.05, 0.1) is 0 Å². The van der Waals surface area contributed by atoms with E-state index >= 15 is 0 Å². The molecule has 3 rings (SSSR count). The number of benzene rings is 1. The zero-order valence-electron chi connectivity index (χ0n) is 12.1. The average Bonchev–Trinajstić information content (AvgIpc) is 2.87. The van der Waals surface area contributed by atoms with E-state index in [4.69, 9.17) is 10.5 Å². The quantitative estimate of drug-likeness (QED) is 0.898. The van der Waals surface area contributed by atoms with Gasteiger partial charge in [0.2, 0.25) is 0 Å². The SMILES string of the molecule is CCC1(CC)C(N)CC1Oc1ccc2c(c1)CCC2. The van der Waals surface area contributed by atoms with Crippen molar-refractivity contribution in [1.29, 1.82) is 0 Å². The number of nitrogens with two attached hydrogens (primary N) is 1. The minimum absolute atomic E-state index is 0.193. The summed E-state index contributed by atoms with van der Waals surface area (Å²) >= 11 is 0. The van der Waals surface area contributed by atoms with Gasteiger partial charge in [0.25, 0.3) is 0 Å². The molecule has 1 saturated carbocycles. The topological polar surface area (TPSA) is 35.2 Å². The van der Waals surface area contributed by atoms with Crippen LogP contribution in [0.1, 0.15) is 50.7 Å². The number of ether oxygens (including phenoxy) is 1. The molecule has 2 aliphatic rings. The molecule has 1 aromatic rings. The van der Waals surface area contributed by atoms with Crippen molar-refractivity contribution in [3.8, 4) is 5.75 Å². The van der Waals surface area contributed by atoms with Gasteiger partial charge in [-0.05, 0) is 55.4 Å². The first-order valence-corrected chi connectivity index (χ1v) is 7.73. The Morgan fingerprint density at radius 2 is 1.95 bits per heavy atom. The summed E-state index contributed by atoms with van der Waals surface area (Å²) in [7, 11) is 0. The zero-order chi connectivity index (χ0) is 13.5. The van der Waals surface area contributed by atoms with E-state index in [0.717, 1.165) is 25.0 Å². The lowest BCUT2D eigenvalue weighted by Gasteiger charge is -2.53. The van der Waals surface area contributed by atoms with Gasteiger partial charge in [0.1, 0.15) is 11.9 Å². The summed E-state index contributed by atoms with van der Waals surface area (Å²) < 4.78 is 6.26. The van der Waals surface area contributed by atoms with Crippen LogP contribution in [0, 0.1) is 5.41 Å². The maximum absolute atomic E-state index is 6.26. The van der Waals surface area contributed by atoms with E-state index in [1.807, 2.05) is 0 Å². The molecule has 2 unspecified atom stereocenters. The maximum Gasteiger partial charge on any atom is 0.120 e. The van der Waals surface area contributed by atoms with Gasteiger partial charge in [-0.3, -0.25) is 0 Å². The summed E-state index contributed by atoms with van der Waals surface area (Å²) in [6.45, 7) is 4.48. The number of hydrogen-bond donors (Lipinski definition) is 1. The van der Waals surface area contributed by atoms with Crippen molar-refractivity contribution in [3.05, 3.63) is 29.3 Å². The van der Waals surface area contributed by atoms with Crippen molar-refractivity contribution in [3.63, 3.8) is 0 Å². The van der Waals surface area contributed by atoms with Crippen LogP contribution in [0.5, 0.6) is 5.75 Å². The average molecular weight is 259 g/mol. The molecule has 0 aromatic heterocycles. The maximum atomic E-state index is 6.26. The Morgan fingerprint density at radius 1 is 1.21 bits per heavy atom. The Labute approximate surface area is 116 Å². The molecule has 2 aliphatic carbocycles. The molecule has 0 bridgehead atoms. The molecule has 2 nitrogen and oxygen atoms in total. The molecule has 104 valence electrons. The van der Waals surface area contributed by atoms with E-state index in [-0.39, 0.29) is 5.41 Å². The van der Waals surface area contributed by atoms with Crippen LogP contribution in [0.25, 0.3) is 0 Å². The number of aryl methyl sites for hydroxylation is 2. The second-order valence-corrected chi connectivity index (χ2v) is 6.17. The van der Waals surface area contributed by atoms with E-state index in [2.05, 4.69) is 32.0 Å². The van der Waals surface area contributed by atoms with Gasteiger partial charge in [-0.25, -0.2) is 0 Å². The second-order valence-electron chi connectivity index (χ2n) is 6.17. The summed E-state index contributed by atoms with van der Waals surface area (Å²) in [5, 5.41) is 0. The van der Waals surface area contributed by atoms with E-state index < -0.39 is 0 Å². The van der Waals surface area contributed by atoms with Crippen molar-refractivity contribution in [2.45, 2.75) is 64.5 Å². The molecular formula is C17H25NO. The van der Waals surface area contributed by atoms with Crippen molar-refractivity contribution in [1.82, 2.24) is 0 Å². The molecule has 0 aliphatic heterocycles. The normalized spacial score (nSPS) is 27.7. The first-order valence-electron chi connectivity index (χ1n) is 7.73. The van der Waals surface area contributed by atoms with Crippen molar-refractivity contribution in [2.75, 3.05) is 0 Å². The first-order chi connectivity index (χ1) is 9.19. The van der Waals surface area contributed by atoms with Crippen LogP contribution in [-0.2, 0) is 12.8 Å². The van der Waals surface area contributed by atoms with Gasteiger partial charge >= 0.3 is 0 Å². The van der Waals surface area contributed by atoms with Crippen LogP contribution in [0.4, 0.5) is 0 Å². The van der Waals surface area contributed by atoms with E-state index in [1.165, 1.54) is 30.4 Å². The second kappa shape index (κ2) is 4.82. The largest absolute Gasteiger partial charge is 0.490 e. The predicted octanol–water partition coefficient (Wildman–Crippen LogP) is 3.46. The van der Waals surface area contributed by atoms with E-state index in [9.17, 15) is 0 Å².